The number of carbonyl (C=O) groups is 1. The van der Waals surface area contributed by atoms with Gasteiger partial charge < -0.3 is 10.1 Å². The van der Waals surface area contributed by atoms with E-state index < -0.39 is 0 Å². The van der Waals surface area contributed by atoms with E-state index in [1.165, 1.54) is 5.56 Å². The van der Waals surface area contributed by atoms with Gasteiger partial charge in [0.05, 0.1) is 6.54 Å². The molecule has 1 aromatic rings. The van der Waals surface area contributed by atoms with Crippen molar-refractivity contribution in [2.24, 2.45) is 5.92 Å². The summed E-state index contributed by atoms with van der Waals surface area (Å²) in [5, 5.41) is 2.87. The normalized spacial score (nSPS) is 11.5. The maximum Gasteiger partial charge on any atom is 0.220 e. The summed E-state index contributed by atoms with van der Waals surface area (Å²) in [4.78, 5) is 11.5. The van der Waals surface area contributed by atoms with Crippen molar-refractivity contribution in [3.8, 4) is 5.75 Å². The van der Waals surface area contributed by atoms with E-state index in [4.69, 9.17) is 4.74 Å². The smallest absolute Gasteiger partial charge is 0.220 e. The van der Waals surface area contributed by atoms with E-state index in [0.29, 0.717) is 25.5 Å². The molecule has 0 spiro atoms. The molecule has 0 aromatic heterocycles. The Balaban J connectivity index is 2.38. The Hall–Kier alpha value is -1.51. The van der Waals surface area contributed by atoms with Crippen molar-refractivity contribution in [3.05, 3.63) is 29.8 Å². The van der Waals surface area contributed by atoms with Gasteiger partial charge in [-0.25, -0.2) is 0 Å². The lowest BCUT2D eigenvalue weighted by molar-refractivity contribution is -0.121. The third-order valence-corrected chi connectivity index (χ3v) is 2.99. The van der Waals surface area contributed by atoms with Crippen LogP contribution in [0, 0.1) is 5.92 Å². The minimum Gasteiger partial charge on any atom is -0.492 e. The molecule has 0 saturated carbocycles. The van der Waals surface area contributed by atoms with Crippen LogP contribution in [-0.4, -0.2) is 19.1 Å². The number of amides is 1. The SMILES string of the molecule is CC(C)CC(=O)NCCOc1cccc(C(C)(C)C)c1. The first-order valence-electron chi connectivity index (χ1n) is 7.29. The van der Waals surface area contributed by atoms with Crippen molar-refractivity contribution >= 4 is 5.91 Å². The highest BCUT2D eigenvalue weighted by molar-refractivity contribution is 5.75. The molecule has 112 valence electrons. The molecule has 0 bridgehead atoms. The average molecular weight is 277 g/mol. The molecule has 3 nitrogen and oxygen atoms in total. The topological polar surface area (TPSA) is 38.3 Å². The molecule has 0 atom stereocenters. The van der Waals surface area contributed by atoms with Crippen molar-refractivity contribution < 1.29 is 9.53 Å². The van der Waals surface area contributed by atoms with Gasteiger partial charge >= 0.3 is 0 Å². The molecule has 0 saturated heterocycles. The number of hydrogen-bond acceptors (Lipinski definition) is 2. The quantitative estimate of drug-likeness (QED) is 0.808. The number of rotatable bonds is 6. The van der Waals surface area contributed by atoms with Crippen molar-refractivity contribution in [2.75, 3.05) is 13.2 Å². The predicted molar refractivity (Wildman–Crippen MR) is 83.1 cm³/mol. The van der Waals surface area contributed by atoms with E-state index in [1.807, 2.05) is 26.0 Å². The van der Waals surface area contributed by atoms with Crippen LogP contribution in [0.25, 0.3) is 0 Å². The summed E-state index contributed by atoms with van der Waals surface area (Å²) in [5.74, 6) is 1.34. The minimum atomic E-state index is 0.0899. The molecule has 0 radical (unpaired) electrons. The van der Waals surface area contributed by atoms with Crippen molar-refractivity contribution in [3.63, 3.8) is 0 Å². The monoisotopic (exact) mass is 277 g/mol. The lowest BCUT2D eigenvalue weighted by Crippen LogP contribution is -2.28. The highest BCUT2D eigenvalue weighted by atomic mass is 16.5. The summed E-state index contributed by atoms with van der Waals surface area (Å²) in [5.41, 5.74) is 1.36. The molecule has 1 amide bonds. The van der Waals surface area contributed by atoms with Gasteiger partial charge in [0, 0.05) is 6.42 Å². The zero-order valence-electron chi connectivity index (χ0n) is 13.3. The third kappa shape index (κ3) is 6.09. The van der Waals surface area contributed by atoms with E-state index in [-0.39, 0.29) is 11.3 Å². The summed E-state index contributed by atoms with van der Waals surface area (Å²) in [6, 6.07) is 8.13. The van der Waals surface area contributed by atoms with Crippen LogP contribution >= 0.6 is 0 Å². The Labute approximate surface area is 122 Å². The number of carbonyl (C=O) groups excluding carboxylic acids is 1. The van der Waals surface area contributed by atoms with Gasteiger partial charge in [-0.1, -0.05) is 46.8 Å². The van der Waals surface area contributed by atoms with Crippen LogP contribution in [0.1, 0.15) is 46.6 Å². The first kappa shape index (κ1) is 16.5. The Morgan fingerprint density at radius 2 is 2.00 bits per heavy atom. The fourth-order valence-electron chi connectivity index (χ4n) is 1.85. The second kappa shape index (κ2) is 7.32. The van der Waals surface area contributed by atoms with Gasteiger partial charge in [-0.3, -0.25) is 4.79 Å². The summed E-state index contributed by atoms with van der Waals surface area (Å²) < 4.78 is 5.68. The van der Waals surface area contributed by atoms with Gasteiger partial charge in [0.2, 0.25) is 5.91 Å². The highest BCUT2D eigenvalue weighted by Crippen LogP contribution is 2.25. The average Bonchev–Trinajstić information content (AvgIpc) is 2.33. The molecule has 0 aliphatic heterocycles. The van der Waals surface area contributed by atoms with E-state index >= 15 is 0 Å². The van der Waals surface area contributed by atoms with E-state index in [2.05, 4.69) is 38.2 Å². The molecule has 0 heterocycles. The van der Waals surface area contributed by atoms with Crippen LogP contribution in [0.4, 0.5) is 0 Å². The molecule has 0 aliphatic carbocycles. The standard InChI is InChI=1S/C17H27NO2/c1-13(2)11-16(19)18-9-10-20-15-8-6-7-14(12-15)17(3,4)5/h6-8,12-13H,9-11H2,1-5H3,(H,18,19). The lowest BCUT2D eigenvalue weighted by atomic mass is 9.87. The Morgan fingerprint density at radius 1 is 1.30 bits per heavy atom. The fourth-order valence-corrected chi connectivity index (χ4v) is 1.85. The first-order chi connectivity index (χ1) is 9.29. The van der Waals surface area contributed by atoms with Crippen LogP contribution in [0.2, 0.25) is 0 Å². The molecule has 1 N–H and O–H groups in total. The van der Waals surface area contributed by atoms with Crippen LogP contribution < -0.4 is 10.1 Å². The molecule has 1 aromatic carbocycles. The molecule has 3 heteroatoms. The largest absolute Gasteiger partial charge is 0.492 e. The van der Waals surface area contributed by atoms with Gasteiger partial charge in [-0.2, -0.15) is 0 Å². The predicted octanol–water partition coefficient (Wildman–Crippen LogP) is 3.53. The Kier molecular flexibility index (Phi) is 6.05. The number of benzene rings is 1. The molecule has 20 heavy (non-hydrogen) atoms. The summed E-state index contributed by atoms with van der Waals surface area (Å²) >= 11 is 0. The molecule has 0 aliphatic rings. The van der Waals surface area contributed by atoms with Crippen LogP contribution in [0.3, 0.4) is 0 Å². The maximum atomic E-state index is 11.5. The minimum absolute atomic E-state index is 0.0899. The molecular weight excluding hydrogens is 250 g/mol. The van der Waals surface area contributed by atoms with Crippen molar-refractivity contribution in [1.29, 1.82) is 0 Å². The number of hydrogen-bond donors (Lipinski definition) is 1. The summed E-state index contributed by atoms with van der Waals surface area (Å²) in [7, 11) is 0. The Morgan fingerprint density at radius 3 is 2.60 bits per heavy atom. The van der Waals surface area contributed by atoms with Crippen LogP contribution in [-0.2, 0) is 10.2 Å². The molecular formula is C17H27NO2. The second-order valence-corrected chi connectivity index (χ2v) is 6.57. The van der Waals surface area contributed by atoms with Gasteiger partial charge in [-0.15, -0.1) is 0 Å². The van der Waals surface area contributed by atoms with E-state index in [9.17, 15) is 4.79 Å². The zero-order chi connectivity index (χ0) is 15.2. The summed E-state index contributed by atoms with van der Waals surface area (Å²) in [6.45, 7) is 11.7. The van der Waals surface area contributed by atoms with Gasteiger partial charge in [-0.05, 0) is 29.0 Å². The van der Waals surface area contributed by atoms with Gasteiger partial charge in [0.1, 0.15) is 12.4 Å². The summed E-state index contributed by atoms with van der Waals surface area (Å²) in [6.07, 6.45) is 0.569. The van der Waals surface area contributed by atoms with Crippen molar-refractivity contribution in [2.45, 2.75) is 46.5 Å². The zero-order valence-corrected chi connectivity index (χ0v) is 13.3. The highest BCUT2D eigenvalue weighted by Gasteiger charge is 2.13. The Bertz CT molecular complexity index is 433. The van der Waals surface area contributed by atoms with Gasteiger partial charge in [0.25, 0.3) is 0 Å². The molecule has 0 fully saturated rings. The number of ether oxygens (including phenoxy) is 1. The fraction of sp³-hybridized carbons (Fsp3) is 0.588. The molecule has 1 rings (SSSR count). The van der Waals surface area contributed by atoms with Crippen LogP contribution in [0.15, 0.2) is 24.3 Å². The lowest BCUT2D eigenvalue weighted by Gasteiger charge is -2.19. The van der Waals surface area contributed by atoms with E-state index in [0.717, 1.165) is 5.75 Å². The first-order valence-corrected chi connectivity index (χ1v) is 7.29. The van der Waals surface area contributed by atoms with Crippen LogP contribution in [0.5, 0.6) is 5.75 Å². The third-order valence-electron chi connectivity index (χ3n) is 2.99. The second-order valence-electron chi connectivity index (χ2n) is 6.57. The van der Waals surface area contributed by atoms with Crippen molar-refractivity contribution in [1.82, 2.24) is 5.32 Å². The maximum absolute atomic E-state index is 11.5. The molecule has 0 unspecified atom stereocenters. The van der Waals surface area contributed by atoms with Gasteiger partial charge in [0.15, 0.2) is 0 Å². The van der Waals surface area contributed by atoms with E-state index in [1.54, 1.807) is 0 Å². The number of nitrogens with one attached hydrogen (secondary N) is 1.